The van der Waals surface area contributed by atoms with Crippen molar-refractivity contribution in [2.75, 3.05) is 6.54 Å². The normalized spacial score (nSPS) is 14.8. The molecule has 0 amide bonds. The van der Waals surface area contributed by atoms with Crippen LogP contribution in [0.1, 0.15) is 76.0 Å². The number of hydrogen-bond acceptors (Lipinski definition) is 2. The Morgan fingerprint density at radius 3 is 2.39 bits per heavy atom. The Morgan fingerprint density at radius 1 is 1.22 bits per heavy atom. The van der Waals surface area contributed by atoms with Gasteiger partial charge in [0.15, 0.2) is 0 Å². The van der Waals surface area contributed by atoms with Crippen molar-refractivity contribution in [1.82, 2.24) is 15.1 Å². The summed E-state index contributed by atoms with van der Waals surface area (Å²) in [6.45, 7) is 14.3. The number of aryl methyl sites for hydroxylation is 1. The molecule has 1 rings (SSSR count). The summed E-state index contributed by atoms with van der Waals surface area (Å²) in [5, 5.41) is 8.32. The zero-order chi connectivity index (χ0) is 13.7. The summed E-state index contributed by atoms with van der Waals surface area (Å²) in [5.41, 5.74) is 3.92. The SMILES string of the molecule is CCCC(C)n1nc(C)c(C(CC)NCC)c1C. The van der Waals surface area contributed by atoms with Gasteiger partial charge in [-0.1, -0.05) is 27.2 Å². The Hall–Kier alpha value is -0.830. The first kappa shape index (κ1) is 15.2. The summed E-state index contributed by atoms with van der Waals surface area (Å²) in [6.07, 6.45) is 3.52. The minimum Gasteiger partial charge on any atom is -0.310 e. The quantitative estimate of drug-likeness (QED) is 0.796. The van der Waals surface area contributed by atoms with Gasteiger partial charge in [-0.15, -0.1) is 0 Å². The summed E-state index contributed by atoms with van der Waals surface area (Å²) in [5.74, 6) is 0. The van der Waals surface area contributed by atoms with Crippen molar-refractivity contribution in [1.29, 1.82) is 0 Å². The summed E-state index contributed by atoms with van der Waals surface area (Å²) in [7, 11) is 0. The van der Waals surface area contributed by atoms with E-state index in [1.54, 1.807) is 0 Å². The number of rotatable bonds is 7. The van der Waals surface area contributed by atoms with Gasteiger partial charge in [0, 0.05) is 23.3 Å². The highest BCUT2D eigenvalue weighted by Gasteiger charge is 2.20. The van der Waals surface area contributed by atoms with E-state index in [0.717, 1.165) is 13.0 Å². The molecule has 3 nitrogen and oxygen atoms in total. The smallest absolute Gasteiger partial charge is 0.0644 e. The van der Waals surface area contributed by atoms with Gasteiger partial charge >= 0.3 is 0 Å². The van der Waals surface area contributed by atoms with Gasteiger partial charge in [-0.3, -0.25) is 4.68 Å². The third-order valence-corrected chi connectivity index (χ3v) is 3.71. The average molecular weight is 251 g/mol. The lowest BCUT2D eigenvalue weighted by molar-refractivity contribution is 0.442. The third kappa shape index (κ3) is 3.14. The number of nitrogens with zero attached hydrogens (tertiary/aromatic N) is 2. The van der Waals surface area contributed by atoms with Gasteiger partial charge in [-0.25, -0.2) is 0 Å². The standard InChI is InChI=1S/C15H29N3/c1-7-10-11(4)18-13(6)15(12(5)17-18)14(8-2)16-9-3/h11,14,16H,7-10H2,1-6H3. The van der Waals surface area contributed by atoms with Crippen LogP contribution in [0.3, 0.4) is 0 Å². The molecule has 0 aliphatic carbocycles. The molecule has 1 aromatic rings. The van der Waals surface area contributed by atoms with Crippen molar-refractivity contribution in [3.63, 3.8) is 0 Å². The lowest BCUT2D eigenvalue weighted by Crippen LogP contribution is -2.21. The Morgan fingerprint density at radius 2 is 1.89 bits per heavy atom. The Balaban J connectivity index is 3.06. The molecule has 2 unspecified atom stereocenters. The van der Waals surface area contributed by atoms with Crippen LogP contribution in [-0.4, -0.2) is 16.3 Å². The van der Waals surface area contributed by atoms with Crippen molar-refractivity contribution in [2.24, 2.45) is 0 Å². The molecule has 1 heterocycles. The summed E-state index contributed by atoms with van der Waals surface area (Å²) in [4.78, 5) is 0. The van der Waals surface area contributed by atoms with E-state index in [4.69, 9.17) is 5.10 Å². The lowest BCUT2D eigenvalue weighted by atomic mass is 10.0. The molecule has 0 saturated heterocycles. The van der Waals surface area contributed by atoms with Crippen molar-refractivity contribution < 1.29 is 0 Å². The molecule has 0 aromatic carbocycles. The molecule has 104 valence electrons. The van der Waals surface area contributed by atoms with E-state index >= 15 is 0 Å². The maximum atomic E-state index is 4.76. The Bertz CT molecular complexity index is 368. The molecule has 0 fully saturated rings. The van der Waals surface area contributed by atoms with E-state index in [2.05, 4.69) is 51.5 Å². The van der Waals surface area contributed by atoms with Crippen LogP contribution < -0.4 is 5.32 Å². The highest BCUT2D eigenvalue weighted by atomic mass is 15.3. The molecule has 0 spiro atoms. The molecule has 0 aliphatic heterocycles. The van der Waals surface area contributed by atoms with E-state index < -0.39 is 0 Å². The second kappa shape index (κ2) is 6.93. The highest BCUT2D eigenvalue weighted by Crippen LogP contribution is 2.27. The molecule has 0 radical (unpaired) electrons. The van der Waals surface area contributed by atoms with E-state index in [9.17, 15) is 0 Å². The largest absolute Gasteiger partial charge is 0.310 e. The zero-order valence-corrected chi connectivity index (χ0v) is 12.9. The van der Waals surface area contributed by atoms with Crippen LogP contribution in [0.5, 0.6) is 0 Å². The van der Waals surface area contributed by atoms with E-state index in [0.29, 0.717) is 12.1 Å². The molecule has 2 atom stereocenters. The summed E-state index contributed by atoms with van der Waals surface area (Å²) in [6, 6.07) is 0.944. The van der Waals surface area contributed by atoms with Crippen LogP contribution >= 0.6 is 0 Å². The van der Waals surface area contributed by atoms with Crippen LogP contribution in [0, 0.1) is 13.8 Å². The van der Waals surface area contributed by atoms with Crippen molar-refractivity contribution in [3.05, 3.63) is 17.0 Å². The van der Waals surface area contributed by atoms with Crippen molar-refractivity contribution in [2.45, 2.75) is 72.9 Å². The van der Waals surface area contributed by atoms with Gasteiger partial charge in [0.05, 0.1) is 5.69 Å². The Labute approximate surface area is 112 Å². The topological polar surface area (TPSA) is 29.9 Å². The molecular weight excluding hydrogens is 222 g/mol. The van der Waals surface area contributed by atoms with Gasteiger partial charge in [0.1, 0.15) is 0 Å². The molecule has 1 aromatic heterocycles. The summed E-state index contributed by atoms with van der Waals surface area (Å²) >= 11 is 0. The fourth-order valence-electron chi connectivity index (χ4n) is 2.85. The van der Waals surface area contributed by atoms with Gasteiger partial charge in [-0.2, -0.15) is 5.10 Å². The molecule has 18 heavy (non-hydrogen) atoms. The zero-order valence-electron chi connectivity index (χ0n) is 12.9. The molecule has 0 bridgehead atoms. The first-order chi connectivity index (χ1) is 8.56. The first-order valence-electron chi connectivity index (χ1n) is 7.35. The fourth-order valence-corrected chi connectivity index (χ4v) is 2.85. The van der Waals surface area contributed by atoms with Gasteiger partial charge in [0.2, 0.25) is 0 Å². The second-order valence-electron chi connectivity index (χ2n) is 5.19. The maximum Gasteiger partial charge on any atom is 0.0644 e. The maximum absolute atomic E-state index is 4.76. The van der Waals surface area contributed by atoms with Crippen LogP contribution in [0.15, 0.2) is 0 Å². The second-order valence-corrected chi connectivity index (χ2v) is 5.19. The van der Waals surface area contributed by atoms with E-state index in [1.807, 2.05) is 0 Å². The number of aromatic nitrogens is 2. The van der Waals surface area contributed by atoms with Crippen molar-refractivity contribution >= 4 is 0 Å². The number of nitrogens with one attached hydrogen (secondary N) is 1. The number of hydrogen-bond donors (Lipinski definition) is 1. The highest BCUT2D eigenvalue weighted by molar-refractivity contribution is 5.28. The molecular formula is C15H29N3. The third-order valence-electron chi connectivity index (χ3n) is 3.71. The lowest BCUT2D eigenvalue weighted by Gasteiger charge is -2.18. The Kier molecular flexibility index (Phi) is 5.86. The average Bonchev–Trinajstić information content (AvgIpc) is 2.63. The van der Waals surface area contributed by atoms with E-state index in [-0.39, 0.29) is 0 Å². The van der Waals surface area contributed by atoms with E-state index in [1.165, 1.54) is 29.8 Å². The summed E-state index contributed by atoms with van der Waals surface area (Å²) < 4.78 is 2.22. The van der Waals surface area contributed by atoms with Crippen LogP contribution in [0.4, 0.5) is 0 Å². The fraction of sp³-hybridized carbons (Fsp3) is 0.800. The van der Waals surface area contributed by atoms with Gasteiger partial charge in [0.25, 0.3) is 0 Å². The van der Waals surface area contributed by atoms with Gasteiger partial charge < -0.3 is 5.32 Å². The monoisotopic (exact) mass is 251 g/mol. The van der Waals surface area contributed by atoms with Crippen LogP contribution in [-0.2, 0) is 0 Å². The predicted molar refractivity (Wildman–Crippen MR) is 78.0 cm³/mol. The van der Waals surface area contributed by atoms with Crippen LogP contribution in [0.2, 0.25) is 0 Å². The molecule has 3 heteroatoms. The molecule has 1 N–H and O–H groups in total. The minimum atomic E-state index is 0.442. The van der Waals surface area contributed by atoms with Gasteiger partial charge in [-0.05, 0) is 40.2 Å². The first-order valence-corrected chi connectivity index (χ1v) is 7.35. The van der Waals surface area contributed by atoms with Crippen LogP contribution in [0.25, 0.3) is 0 Å². The minimum absolute atomic E-state index is 0.442. The van der Waals surface area contributed by atoms with Crippen molar-refractivity contribution in [3.8, 4) is 0 Å². The molecule has 0 aliphatic rings. The predicted octanol–water partition coefficient (Wildman–Crippen LogP) is 3.92. The molecule has 0 saturated carbocycles.